The van der Waals surface area contributed by atoms with Crippen LogP contribution in [0.1, 0.15) is 113 Å². The van der Waals surface area contributed by atoms with Crippen LogP contribution < -0.4 is 0 Å². The molecule has 0 aromatic rings. The first-order valence-corrected chi connectivity index (χ1v) is 24.3. The highest BCUT2D eigenvalue weighted by atomic mass is 16.7. The molecular weight excluding hydrogens is 881 g/mol. The predicted octanol–water partition coefficient (Wildman–Crippen LogP) is 0.799. The lowest BCUT2D eigenvalue weighted by Gasteiger charge is -2.71. The summed E-state index contributed by atoms with van der Waals surface area (Å²) in [5, 5.41) is 116. The third-order valence-corrected chi connectivity index (χ3v) is 19.5. The van der Waals surface area contributed by atoms with Crippen molar-refractivity contribution >= 4 is 11.9 Å². The summed E-state index contributed by atoms with van der Waals surface area (Å²) in [6.07, 6.45) is -15.2. The maximum absolute atomic E-state index is 13.5. The smallest absolute Gasteiger partial charge is 0.335 e. The molecule has 0 radical (unpaired) electrons. The average molecular weight is 957 g/mol. The minimum Gasteiger partial charge on any atom is -0.481 e. The standard InChI is InChI=1S/C48H76O19/c1-21-28(50)30(52)33(55)40(63-21)66-36-34(56)37(38(58)59)67-41(35(36)57)65-27-11-12-45(5)25(43(27,2)3)10-13-47(7)26(45)9-8-22-23-18-44(4,14-16-48(23,42(60)61)17-15-46(22,47)6)20-62-39-32(54)31(53)29(51)24(19-49)64-39/h8,21,23-37,39-41,49-57H,9-20H2,1-7H3,(H,58,59)(H,60,61)/t21-,23-,24+,25-,26+,27?,28-,29+,30+,31-,32+,33+,34-,35+,36-,37-,39+,40-,41+,44+,45-,46-,47+,48-/m0/s1. The van der Waals surface area contributed by atoms with Crippen molar-refractivity contribution < 1.29 is 94.2 Å². The monoisotopic (exact) mass is 956 g/mol. The highest BCUT2D eigenvalue weighted by Crippen LogP contribution is 2.76. The molecule has 24 atom stereocenters. The first-order valence-electron chi connectivity index (χ1n) is 24.3. The van der Waals surface area contributed by atoms with E-state index in [4.69, 9.17) is 28.4 Å². The maximum atomic E-state index is 13.5. The quantitative estimate of drug-likeness (QED) is 0.107. The normalized spacial score (nSPS) is 54.1. The Morgan fingerprint density at radius 1 is 0.687 bits per heavy atom. The Balaban J connectivity index is 1.01. The molecule has 0 aromatic carbocycles. The molecule has 7 fully saturated rings. The second-order valence-corrected chi connectivity index (χ2v) is 23.3. The van der Waals surface area contributed by atoms with Crippen LogP contribution in [0.4, 0.5) is 0 Å². The first-order chi connectivity index (χ1) is 31.2. The number of rotatable bonds is 10. The minimum atomic E-state index is -1.92. The van der Waals surface area contributed by atoms with Gasteiger partial charge in [0, 0.05) is 0 Å². The first kappa shape index (κ1) is 51.4. The van der Waals surface area contributed by atoms with E-state index in [2.05, 4.69) is 47.6 Å². The lowest BCUT2D eigenvalue weighted by molar-refractivity contribution is -0.363. The van der Waals surface area contributed by atoms with Crippen LogP contribution in [0.2, 0.25) is 0 Å². The van der Waals surface area contributed by atoms with E-state index < -0.39 is 133 Å². The Hall–Kier alpha value is -1.92. The van der Waals surface area contributed by atoms with E-state index in [1.807, 2.05) is 0 Å². The molecular formula is C48H76O19. The molecule has 0 amide bonds. The zero-order chi connectivity index (χ0) is 49.1. The van der Waals surface area contributed by atoms with Gasteiger partial charge in [0.25, 0.3) is 0 Å². The number of ether oxygens (including phenoxy) is 6. The number of carbonyl (C=O) groups is 2. The summed E-state index contributed by atoms with van der Waals surface area (Å²) in [4.78, 5) is 25.9. The molecule has 8 rings (SSSR count). The molecule has 19 heteroatoms. The van der Waals surface area contributed by atoms with Gasteiger partial charge in [0.15, 0.2) is 25.0 Å². The summed E-state index contributed by atoms with van der Waals surface area (Å²) < 4.78 is 35.5. The van der Waals surface area contributed by atoms with E-state index in [1.54, 1.807) is 0 Å². The summed E-state index contributed by atoms with van der Waals surface area (Å²) in [6.45, 7) is 14.3. The molecule has 0 spiro atoms. The van der Waals surface area contributed by atoms with Crippen LogP contribution >= 0.6 is 0 Å². The molecule has 0 aromatic heterocycles. The van der Waals surface area contributed by atoms with E-state index in [1.165, 1.54) is 12.5 Å². The predicted molar refractivity (Wildman–Crippen MR) is 231 cm³/mol. The number of allylic oxidation sites excluding steroid dienone is 2. The number of aliphatic hydroxyl groups excluding tert-OH is 9. The molecule has 4 saturated carbocycles. The number of hydrogen-bond donors (Lipinski definition) is 11. The second-order valence-electron chi connectivity index (χ2n) is 23.3. The van der Waals surface area contributed by atoms with Crippen molar-refractivity contribution in [3.05, 3.63) is 11.6 Å². The third-order valence-electron chi connectivity index (χ3n) is 19.5. The number of aliphatic hydroxyl groups is 9. The Bertz CT molecular complexity index is 1880. The van der Waals surface area contributed by atoms with Gasteiger partial charge in [-0.2, -0.15) is 0 Å². The van der Waals surface area contributed by atoms with Gasteiger partial charge in [-0.15, -0.1) is 0 Å². The highest BCUT2D eigenvalue weighted by Gasteiger charge is 2.70. The van der Waals surface area contributed by atoms with Crippen LogP contribution in [-0.2, 0) is 38.0 Å². The molecule has 11 N–H and O–H groups in total. The molecule has 1 unspecified atom stereocenters. The Morgan fingerprint density at radius 3 is 1.99 bits per heavy atom. The summed E-state index contributed by atoms with van der Waals surface area (Å²) in [5.41, 5.74) is -1.62. The van der Waals surface area contributed by atoms with Gasteiger partial charge in [0.1, 0.15) is 61.0 Å². The average Bonchev–Trinajstić information content (AvgIpc) is 3.26. The van der Waals surface area contributed by atoms with E-state index >= 15 is 0 Å². The molecule has 8 aliphatic rings. The number of fused-ring (bicyclic) bond motifs is 7. The number of carboxylic acid groups (broad SMARTS) is 2. The van der Waals surface area contributed by atoms with Crippen molar-refractivity contribution in [2.75, 3.05) is 13.2 Å². The van der Waals surface area contributed by atoms with Crippen molar-refractivity contribution in [3.63, 3.8) is 0 Å². The van der Waals surface area contributed by atoms with Crippen LogP contribution in [0, 0.1) is 50.2 Å². The van der Waals surface area contributed by atoms with Crippen molar-refractivity contribution in [2.45, 2.75) is 211 Å². The molecule has 5 aliphatic carbocycles. The third kappa shape index (κ3) is 8.06. The Labute approximate surface area is 391 Å². The van der Waals surface area contributed by atoms with Crippen molar-refractivity contribution in [3.8, 4) is 0 Å². The molecule has 3 saturated heterocycles. The topological polar surface area (TPSA) is 312 Å². The van der Waals surface area contributed by atoms with E-state index in [9.17, 15) is 65.8 Å². The molecule has 67 heavy (non-hydrogen) atoms. The molecule has 382 valence electrons. The summed E-state index contributed by atoms with van der Waals surface area (Å²) in [5.74, 6) is -2.32. The van der Waals surface area contributed by atoms with Crippen molar-refractivity contribution in [1.82, 2.24) is 0 Å². The van der Waals surface area contributed by atoms with Crippen LogP contribution in [-0.4, -0.2) is 180 Å². The molecule has 0 bridgehead atoms. The number of hydrogen-bond acceptors (Lipinski definition) is 17. The van der Waals surface area contributed by atoms with Crippen LogP contribution in [0.3, 0.4) is 0 Å². The van der Waals surface area contributed by atoms with Gasteiger partial charge in [-0.05, 0) is 116 Å². The van der Waals surface area contributed by atoms with Crippen LogP contribution in [0.15, 0.2) is 11.6 Å². The van der Waals surface area contributed by atoms with Crippen LogP contribution in [0.5, 0.6) is 0 Å². The van der Waals surface area contributed by atoms with Gasteiger partial charge >= 0.3 is 11.9 Å². The Kier molecular flexibility index (Phi) is 13.8. The van der Waals surface area contributed by atoms with Gasteiger partial charge < -0.3 is 84.6 Å². The van der Waals surface area contributed by atoms with Crippen molar-refractivity contribution in [1.29, 1.82) is 0 Å². The summed E-state index contributed by atoms with van der Waals surface area (Å²) in [6, 6.07) is 0. The second kappa shape index (κ2) is 18.0. The lowest BCUT2D eigenvalue weighted by atomic mass is 9.33. The van der Waals surface area contributed by atoms with Gasteiger partial charge in [-0.1, -0.05) is 53.2 Å². The van der Waals surface area contributed by atoms with Crippen LogP contribution in [0.25, 0.3) is 0 Å². The maximum Gasteiger partial charge on any atom is 0.335 e. The molecule has 19 nitrogen and oxygen atoms in total. The lowest BCUT2D eigenvalue weighted by Crippen LogP contribution is -2.67. The fourth-order valence-electron chi connectivity index (χ4n) is 15.1. The van der Waals surface area contributed by atoms with Gasteiger partial charge in [0.05, 0.1) is 30.8 Å². The van der Waals surface area contributed by atoms with E-state index in [0.29, 0.717) is 38.5 Å². The summed E-state index contributed by atoms with van der Waals surface area (Å²) >= 11 is 0. The highest BCUT2D eigenvalue weighted by molar-refractivity contribution is 5.76. The molecule has 3 heterocycles. The summed E-state index contributed by atoms with van der Waals surface area (Å²) in [7, 11) is 0. The van der Waals surface area contributed by atoms with Gasteiger partial charge in [-0.25, -0.2) is 4.79 Å². The zero-order valence-electron chi connectivity index (χ0n) is 39.7. The van der Waals surface area contributed by atoms with E-state index in [0.717, 1.165) is 25.7 Å². The van der Waals surface area contributed by atoms with Gasteiger partial charge in [0.2, 0.25) is 0 Å². The molecule has 3 aliphatic heterocycles. The SMILES string of the molecule is C[C@@H]1O[C@@H](O[C@@H]2[C@@H](O)[C@H](OC3CC[C@]4(C)[C@H]5CC=C6[C@@H]7C[C@](C)(CO[C@@H]8O[C@H](CO)[C@@H](O)[C@H](O)[C@H]8O)CC[C@]7(C(=O)O)CC[C@]6(C)[C@]5(C)CC[C@H]4C3(C)C)O[C@H](C(=O)O)[C@H]2O)[C@H](O)[C@H](O)[C@H]1O. The number of carboxylic acids is 2. The van der Waals surface area contributed by atoms with Crippen molar-refractivity contribution in [2.24, 2.45) is 50.2 Å². The fourth-order valence-corrected chi connectivity index (χ4v) is 15.1. The van der Waals surface area contributed by atoms with Gasteiger partial charge in [-0.3, -0.25) is 4.79 Å². The zero-order valence-corrected chi connectivity index (χ0v) is 39.7. The fraction of sp³-hybridized carbons (Fsp3) is 0.917. The van der Waals surface area contributed by atoms with E-state index in [-0.39, 0.29) is 40.6 Å². The number of aliphatic carboxylic acids is 2. The minimum absolute atomic E-state index is 0.100. The largest absolute Gasteiger partial charge is 0.481 e. The Morgan fingerprint density at radius 2 is 1.33 bits per heavy atom.